The highest BCUT2D eigenvalue weighted by atomic mass is 35.5. The van der Waals surface area contributed by atoms with E-state index in [4.69, 9.17) is 39.5 Å². The van der Waals surface area contributed by atoms with Crippen molar-refractivity contribution in [1.29, 1.82) is 0 Å². The maximum Gasteiger partial charge on any atom is 0.326 e. The van der Waals surface area contributed by atoms with E-state index in [1.165, 1.54) is 18.2 Å². The van der Waals surface area contributed by atoms with Crippen LogP contribution in [-0.4, -0.2) is 22.9 Å². The second-order valence-corrected chi connectivity index (χ2v) is 8.77. The molecule has 1 atom stereocenters. The van der Waals surface area contributed by atoms with Gasteiger partial charge in [-0.2, -0.15) is 0 Å². The molecular weight excluding hydrogens is 449 g/mol. The smallest absolute Gasteiger partial charge is 0.326 e. The fourth-order valence-corrected chi connectivity index (χ4v) is 3.51. The SMILES string of the molecule is CC1(COc2ccc(NC(=O)NC(=O)c3c(F)cccc3F)cc2Cl)CC1(Cl)Cl. The molecule has 2 aromatic rings. The summed E-state index contributed by atoms with van der Waals surface area (Å²) in [5.74, 6) is -3.02. The summed E-state index contributed by atoms with van der Waals surface area (Å²) in [7, 11) is 0. The molecule has 2 N–H and O–H groups in total. The van der Waals surface area contributed by atoms with Crippen molar-refractivity contribution in [3.05, 3.63) is 58.6 Å². The lowest BCUT2D eigenvalue weighted by molar-refractivity contribution is 0.0959. The number of anilines is 1. The molecule has 1 aliphatic carbocycles. The van der Waals surface area contributed by atoms with Crippen LogP contribution in [0.25, 0.3) is 0 Å². The maximum absolute atomic E-state index is 13.6. The van der Waals surface area contributed by atoms with Gasteiger partial charge in [-0.15, -0.1) is 23.2 Å². The van der Waals surface area contributed by atoms with Crippen molar-refractivity contribution < 1.29 is 23.1 Å². The number of hydrogen-bond donors (Lipinski definition) is 2. The average Bonchev–Trinajstić information content (AvgIpc) is 3.11. The first-order valence-electron chi connectivity index (χ1n) is 8.39. The Balaban J connectivity index is 1.59. The Morgan fingerprint density at radius 2 is 1.79 bits per heavy atom. The zero-order valence-corrected chi connectivity index (χ0v) is 17.3. The van der Waals surface area contributed by atoms with Gasteiger partial charge < -0.3 is 10.1 Å². The van der Waals surface area contributed by atoms with Gasteiger partial charge in [-0.05, 0) is 36.8 Å². The van der Waals surface area contributed by atoms with E-state index in [1.54, 1.807) is 0 Å². The molecule has 0 radical (unpaired) electrons. The van der Waals surface area contributed by atoms with Crippen LogP contribution in [0.2, 0.25) is 5.02 Å². The van der Waals surface area contributed by atoms with E-state index in [-0.39, 0.29) is 22.7 Å². The minimum absolute atomic E-state index is 0.202. The summed E-state index contributed by atoms with van der Waals surface area (Å²) in [6, 6.07) is 6.35. The number of imide groups is 1. The van der Waals surface area contributed by atoms with Crippen molar-refractivity contribution in [2.45, 2.75) is 17.7 Å². The van der Waals surface area contributed by atoms with E-state index in [0.29, 0.717) is 12.2 Å². The number of urea groups is 1. The minimum atomic E-state index is -1.22. The number of ether oxygens (including phenoxy) is 1. The maximum atomic E-state index is 13.6. The van der Waals surface area contributed by atoms with Gasteiger partial charge in [-0.1, -0.05) is 24.6 Å². The second kappa shape index (κ2) is 7.97. The quantitative estimate of drug-likeness (QED) is 0.572. The number of hydrogen-bond acceptors (Lipinski definition) is 3. The van der Waals surface area contributed by atoms with Crippen LogP contribution in [0.4, 0.5) is 19.3 Å². The van der Waals surface area contributed by atoms with Gasteiger partial charge in [0.1, 0.15) is 27.3 Å². The molecule has 1 saturated carbocycles. The van der Waals surface area contributed by atoms with Crippen LogP contribution >= 0.6 is 34.8 Å². The van der Waals surface area contributed by atoms with Gasteiger partial charge in [0.05, 0.1) is 11.6 Å². The van der Waals surface area contributed by atoms with Gasteiger partial charge in [0.2, 0.25) is 0 Å². The first-order valence-corrected chi connectivity index (χ1v) is 9.52. The summed E-state index contributed by atoms with van der Waals surface area (Å²) >= 11 is 18.3. The highest BCUT2D eigenvalue weighted by Crippen LogP contribution is 2.63. The number of carbonyl (C=O) groups is 2. The van der Waals surface area contributed by atoms with Gasteiger partial charge in [0.25, 0.3) is 5.91 Å². The van der Waals surface area contributed by atoms with Crippen LogP contribution in [0.3, 0.4) is 0 Å². The summed E-state index contributed by atoms with van der Waals surface area (Å²) in [4.78, 5) is 23.9. The Bertz CT molecular complexity index is 967. The molecule has 154 valence electrons. The van der Waals surface area contributed by atoms with Gasteiger partial charge in [-0.25, -0.2) is 13.6 Å². The molecular formula is C19H15Cl3F2N2O3. The van der Waals surface area contributed by atoms with Crippen LogP contribution in [-0.2, 0) is 0 Å². The molecule has 29 heavy (non-hydrogen) atoms. The third kappa shape index (κ3) is 4.74. The van der Waals surface area contributed by atoms with Crippen LogP contribution in [0.5, 0.6) is 5.75 Å². The number of halogens is 5. The molecule has 1 unspecified atom stereocenters. The van der Waals surface area contributed by atoms with Crippen molar-refractivity contribution in [3.8, 4) is 5.75 Å². The van der Waals surface area contributed by atoms with Crippen molar-refractivity contribution in [1.82, 2.24) is 5.32 Å². The predicted molar refractivity (Wildman–Crippen MR) is 107 cm³/mol. The number of nitrogens with one attached hydrogen (secondary N) is 2. The molecule has 1 fully saturated rings. The number of benzene rings is 2. The third-order valence-electron chi connectivity index (χ3n) is 4.52. The normalized spacial score (nSPS) is 19.4. The zero-order valence-electron chi connectivity index (χ0n) is 15.0. The third-order valence-corrected chi connectivity index (χ3v) is 6.00. The Hall–Kier alpha value is -2.09. The largest absolute Gasteiger partial charge is 0.491 e. The minimum Gasteiger partial charge on any atom is -0.491 e. The molecule has 3 amide bonds. The first kappa shape index (κ1) is 21.6. The van der Waals surface area contributed by atoms with Crippen LogP contribution in [0.15, 0.2) is 36.4 Å². The number of amides is 3. The van der Waals surface area contributed by atoms with E-state index >= 15 is 0 Å². The molecule has 3 rings (SSSR count). The average molecular weight is 464 g/mol. The van der Waals surface area contributed by atoms with Crippen molar-refractivity contribution in [2.24, 2.45) is 5.41 Å². The molecule has 10 heteroatoms. The topological polar surface area (TPSA) is 67.4 Å². The fourth-order valence-electron chi connectivity index (χ4n) is 2.58. The zero-order chi connectivity index (χ0) is 21.4. The van der Waals surface area contributed by atoms with Crippen molar-refractivity contribution in [2.75, 3.05) is 11.9 Å². The molecule has 0 spiro atoms. The predicted octanol–water partition coefficient (Wildman–Crippen LogP) is 5.54. The molecule has 1 aliphatic rings. The van der Waals surface area contributed by atoms with Crippen LogP contribution < -0.4 is 15.4 Å². The fraction of sp³-hybridized carbons (Fsp3) is 0.263. The molecule has 0 aliphatic heterocycles. The van der Waals surface area contributed by atoms with E-state index in [9.17, 15) is 18.4 Å². The Morgan fingerprint density at radius 1 is 1.17 bits per heavy atom. The summed E-state index contributed by atoms with van der Waals surface area (Å²) < 4.78 is 32.0. The summed E-state index contributed by atoms with van der Waals surface area (Å²) in [5, 5.41) is 4.40. The first-order chi connectivity index (χ1) is 13.5. The number of alkyl halides is 2. The Kier molecular flexibility index (Phi) is 5.94. The van der Waals surface area contributed by atoms with Crippen molar-refractivity contribution in [3.63, 3.8) is 0 Å². The van der Waals surface area contributed by atoms with Crippen molar-refractivity contribution >= 4 is 52.4 Å². The van der Waals surface area contributed by atoms with Crippen LogP contribution in [0.1, 0.15) is 23.7 Å². The van der Waals surface area contributed by atoms with Gasteiger partial charge >= 0.3 is 6.03 Å². The number of carbonyl (C=O) groups excluding carboxylic acids is 2. The highest BCUT2D eigenvalue weighted by Gasteiger charge is 2.63. The van der Waals surface area contributed by atoms with E-state index in [2.05, 4.69) is 5.32 Å². The monoisotopic (exact) mass is 462 g/mol. The molecule has 0 bridgehead atoms. The molecule has 2 aromatic carbocycles. The summed E-state index contributed by atoms with van der Waals surface area (Å²) in [5.41, 5.74) is -0.991. The summed E-state index contributed by atoms with van der Waals surface area (Å²) in [6.07, 6.45) is 0.594. The molecule has 5 nitrogen and oxygen atoms in total. The van der Waals surface area contributed by atoms with E-state index in [0.717, 1.165) is 18.2 Å². The lowest BCUT2D eigenvalue weighted by Crippen LogP contribution is -2.35. The lowest BCUT2D eigenvalue weighted by atomic mass is 10.2. The van der Waals surface area contributed by atoms with Gasteiger partial charge in [0, 0.05) is 11.1 Å². The van der Waals surface area contributed by atoms with E-state index < -0.39 is 33.5 Å². The lowest BCUT2D eigenvalue weighted by Gasteiger charge is -2.15. The molecule has 0 aromatic heterocycles. The van der Waals surface area contributed by atoms with Crippen LogP contribution in [0, 0.1) is 17.0 Å². The van der Waals surface area contributed by atoms with E-state index in [1.807, 2.05) is 12.2 Å². The molecule has 0 saturated heterocycles. The Morgan fingerprint density at radius 3 is 2.34 bits per heavy atom. The standard InChI is InChI=1S/C19H15Cl3F2N2O3/c1-18(8-19(18,21)22)9-29-14-6-5-10(7-11(14)20)25-17(28)26-16(27)15-12(23)3-2-4-13(15)24/h2-7H,8-9H2,1H3,(H2,25,26,27,28). The highest BCUT2D eigenvalue weighted by molar-refractivity contribution is 6.51. The Labute approximate surface area is 180 Å². The second-order valence-electron chi connectivity index (χ2n) is 6.88. The molecule has 0 heterocycles. The van der Waals surface area contributed by atoms with Gasteiger partial charge in [0.15, 0.2) is 0 Å². The van der Waals surface area contributed by atoms with Gasteiger partial charge in [-0.3, -0.25) is 10.1 Å². The summed E-state index contributed by atoms with van der Waals surface area (Å²) in [6.45, 7) is 2.15. The number of rotatable bonds is 5.